The van der Waals surface area contributed by atoms with Gasteiger partial charge in [-0.05, 0) is 0 Å². The number of Topliss-reactive ketones (excluding diaryl/α,β-unsaturated/α-hetero) is 1. The van der Waals surface area contributed by atoms with Crippen LogP contribution < -0.4 is 0 Å². The minimum atomic E-state index is -1.56. The Hall–Kier alpha value is -2.20. The molecule has 0 saturated heterocycles. The Bertz CT molecular complexity index is 598. The van der Waals surface area contributed by atoms with Crippen molar-refractivity contribution in [1.29, 1.82) is 0 Å². The minimum absolute atomic E-state index is 0.0126. The van der Waals surface area contributed by atoms with Gasteiger partial charge in [0.2, 0.25) is 5.78 Å². The van der Waals surface area contributed by atoms with Gasteiger partial charge in [0, 0.05) is 13.3 Å². The standard InChI is InChI=1S/C23H40O14/c1-20(24)36-18-16-34-14-12-32-10-8-30-6-4-29-5-7-31-9-11-33-13-15-35-17-19-37-22(26)3-2-21(25)23(27)28/h2-19H2,1H3,(H,27,28). The Morgan fingerprint density at radius 2 is 0.757 bits per heavy atom. The van der Waals surface area contributed by atoms with Gasteiger partial charge >= 0.3 is 17.9 Å². The molecule has 0 unspecified atom stereocenters. The van der Waals surface area contributed by atoms with Gasteiger partial charge < -0.3 is 47.7 Å². The summed E-state index contributed by atoms with van der Waals surface area (Å²) in [4.78, 5) is 43.1. The summed E-state index contributed by atoms with van der Waals surface area (Å²) >= 11 is 0. The van der Waals surface area contributed by atoms with Crippen molar-refractivity contribution in [3.63, 3.8) is 0 Å². The molecule has 0 heterocycles. The van der Waals surface area contributed by atoms with E-state index in [0.29, 0.717) is 85.9 Å². The fourth-order valence-electron chi connectivity index (χ4n) is 2.27. The van der Waals surface area contributed by atoms with Gasteiger partial charge in [0.15, 0.2) is 0 Å². The fourth-order valence-corrected chi connectivity index (χ4v) is 2.27. The molecule has 0 aliphatic rings. The number of carboxylic acids is 1. The van der Waals surface area contributed by atoms with Crippen molar-refractivity contribution in [2.75, 3.05) is 106 Å². The van der Waals surface area contributed by atoms with E-state index in [1.807, 2.05) is 0 Å². The maximum atomic E-state index is 11.3. The van der Waals surface area contributed by atoms with Gasteiger partial charge in [0.25, 0.3) is 0 Å². The number of carbonyl (C=O) groups excluding carboxylic acids is 3. The Balaban J connectivity index is 3.15. The van der Waals surface area contributed by atoms with Gasteiger partial charge in [0.05, 0.1) is 98.9 Å². The lowest BCUT2D eigenvalue weighted by molar-refractivity contribution is -0.151. The first-order valence-electron chi connectivity index (χ1n) is 12.0. The molecular formula is C23H40O14. The molecular weight excluding hydrogens is 500 g/mol. The summed E-state index contributed by atoms with van der Waals surface area (Å²) in [5.41, 5.74) is 0. The molecule has 0 spiro atoms. The number of hydrogen-bond donors (Lipinski definition) is 1. The zero-order valence-electron chi connectivity index (χ0n) is 21.5. The van der Waals surface area contributed by atoms with Crippen molar-refractivity contribution < 1.29 is 66.9 Å². The number of esters is 2. The predicted octanol–water partition coefficient (Wildman–Crippen LogP) is -0.357. The topological polar surface area (TPSA) is 172 Å². The first-order valence-corrected chi connectivity index (χ1v) is 12.0. The summed E-state index contributed by atoms with van der Waals surface area (Å²) in [5.74, 6) is -3.57. The number of ether oxygens (including phenoxy) is 9. The average Bonchev–Trinajstić information content (AvgIpc) is 2.86. The van der Waals surface area contributed by atoms with Crippen LogP contribution in [-0.4, -0.2) is 135 Å². The summed E-state index contributed by atoms with van der Waals surface area (Å²) < 4.78 is 46.8. The number of hydrogen-bond acceptors (Lipinski definition) is 13. The number of carboxylic acid groups (broad SMARTS) is 1. The van der Waals surface area contributed by atoms with E-state index in [9.17, 15) is 19.2 Å². The first-order chi connectivity index (χ1) is 17.9. The molecule has 0 saturated carbocycles. The van der Waals surface area contributed by atoms with Gasteiger partial charge in [-0.25, -0.2) is 4.79 Å². The smallest absolute Gasteiger partial charge is 0.372 e. The Morgan fingerprint density at radius 1 is 0.459 bits per heavy atom. The normalized spacial score (nSPS) is 10.8. The number of ketones is 1. The van der Waals surface area contributed by atoms with E-state index in [0.717, 1.165) is 0 Å². The Kier molecular flexibility index (Phi) is 25.3. The highest BCUT2D eigenvalue weighted by atomic mass is 16.6. The molecule has 0 fully saturated rings. The second kappa shape index (κ2) is 26.9. The maximum absolute atomic E-state index is 11.3. The number of rotatable bonds is 28. The van der Waals surface area contributed by atoms with Gasteiger partial charge in [-0.3, -0.25) is 14.4 Å². The maximum Gasteiger partial charge on any atom is 0.372 e. The Morgan fingerprint density at radius 3 is 1.05 bits per heavy atom. The third-order valence-electron chi connectivity index (χ3n) is 4.05. The SMILES string of the molecule is CC(=O)OCCOCCOCCOCCOCCOCCOCCOCCOC(=O)CCC(=O)C(=O)O. The van der Waals surface area contributed by atoms with Crippen LogP contribution in [0.15, 0.2) is 0 Å². The van der Waals surface area contributed by atoms with Gasteiger partial charge in [-0.15, -0.1) is 0 Å². The summed E-state index contributed by atoms with van der Waals surface area (Å²) in [7, 11) is 0. The van der Waals surface area contributed by atoms with E-state index in [4.69, 9.17) is 47.7 Å². The van der Waals surface area contributed by atoms with Crippen molar-refractivity contribution >= 4 is 23.7 Å². The first kappa shape index (κ1) is 34.8. The quantitative estimate of drug-likeness (QED) is 0.0775. The molecule has 0 rings (SSSR count). The van der Waals surface area contributed by atoms with Crippen LogP contribution in [0.1, 0.15) is 19.8 Å². The van der Waals surface area contributed by atoms with E-state index < -0.39 is 17.7 Å². The highest BCUT2D eigenvalue weighted by molar-refractivity contribution is 6.32. The summed E-state index contributed by atoms with van der Waals surface area (Å²) in [6.07, 6.45) is -0.661. The lowest BCUT2D eigenvalue weighted by Crippen LogP contribution is -2.17. The lowest BCUT2D eigenvalue weighted by atomic mass is 10.2. The molecule has 0 aromatic rings. The second-order valence-corrected chi connectivity index (χ2v) is 7.08. The minimum Gasteiger partial charge on any atom is -0.476 e. The average molecular weight is 541 g/mol. The van der Waals surface area contributed by atoms with Crippen molar-refractivity contribution in [2.24, 2.45) is 0 Å². The summed E-state index contributed by atoms with van der Waals surface area (Å²) in [5, 5.41) is 8.41. The Labute approximate surface area is 216 Å². The molecule has 216 valence electrons. The van der Waals surface area contributed by atoms with Gasteiger partial charge in [0.1, 0.15) is 13.2 Å². The molecule has 0 bridgehead atoms. The molecule has 37 heavy (non-hydrogen) atoms. The molecule has 0 amide bonds. The molecule has 0 aromatic carbocycles. The van der Waals surface area contributed by atoms with Crippen LogP contribution in [0, 0.1) is 0 Å². The van der Waals surface area contributed by atoms with E-state index in [2.05, 4.69) is 0 Å². The zero-order valence-corrected chi connectivity index (χ0v) is 21.5. The zero-order chi connectivity index (χ0) is 27.4. The van der Waals surface area contributed by atoms with Crippen LogP contribution in [0.25, 0.3) is 0 Å². The molecule has 0 radical (unpaired) electrons. The summed E-state index contributed by atoms with van der Waals surface area (Å²) in [6, 6.07) is 0. The van der Waals surface area contributed by atoms with Crippen LogP contribution in [0.2, 0.25) is 0 Å². The highest BCUT2D eigenvalue weighted by Gasteiger charge is 2.14. The molecule has 0 aliphatic carbocycles. The molecule has 0 atom stereocenters. The van der Waals surface area contributed by atoms with Crippen LogP contribution >= 0.6 is 0 Å². The van der Waals surface area contributed by atoms with Crippen molar-refractivity contribution in [3.8, 4) is 0 Å². The van der Waals surface area contributed by atoms with Crippen LogP contribution in [-0.2, 0) is 61.8 Å². The molecule has 0 aliphatic heterocycles. The molecule has 0 aromatic heterocycles. The summed E-state index contributed by atoms with van der Waals surface area (Å²) in [6.45, 7) is 7.14. The predicted molar refractivity (Wildman–Crippen MR) is 125 cm³/mol. The van der Waals surface area contributed by atoms with E-state index >= 15 is 0 Å². The molecule has 1 N–H and O–H groups in total. The number of aliphatic carboxylic acids is 1. The van der Waals surface area contributed by atoms with Crippen molar-refractivity contribution in [2.45, 2.75) is 19.8 Å². The van der Waals surface area contributed by atoms with Gasteiger partial charge in [-0.2, -0.15) is 0 Å². The van der Waals surface area contributed by atoms with Crippen molar-refractivity contribution in [3.05, 3.63) is 0 Å². The van der Waals surface area contributed by atoms with Crippen LogP contribution in [0.5, 0.6) is 0 Å². The molecule has 14 nitrogen and oxygen atoms in total. The second-order valence-electron chi connectivity index (χ2n) is 7.08. The van der Waals surface area contributed by atoms with Gasteiger partial charge in [-0.1, -0.05) is 0 Å². The van der Waals surface area contributed by atoms with Crippen molar-refractivity contribution in [1.82, 2.24) is 0 Å². The largest absolute Gasteiger partial charge is 0.476 e. The molecule has 14 heteroatoms. The fraction of sp³-hybridized carbons (Fsp3) is 0.826. The monoisotopic (exact) mass is 540 g/mol. The van der Waals surface area contributed by atoms with E-state index in [-0.39, 0.29) is 38.6 Å². The lowest BCUT2D eigenvalue weighted by Gasteiger charge is -2.08. The van der Waals surface area contributed by atoms with Crippen LogP contribution in [0.4, 0.5) is 0 Å². The van der Waals surface area contributed by atoms with E-state index in [1.54, 1.807) is 0 Å². The van der Waals surface area contributed by atoms with Crippen LogP contribution in [0.3, 0.4) is 0 Å². The third-order valence-corrected chi connectivity index (χ3v) is 4.05. The van der Waals surface area contributed by atoms with E-state index in [1.165, 1.54) is 6.92 Å². The highest BCUT2D eigenvalue weighted by Crippen LogP contribution is 1.95. The number of carbonyl (C=O) groups is 4. The third kappa shape index (κ3) is 28.2.